The highest BCUT2D eigenvalue weighted by Crippen LogP contribution is 2.54. The number of likely N-dealkylation sites (N-methyl/N-ethyl adjacent to an activating group) is 1. The van der Waals surface area contributed by atoms with Crippen molar-refractivity contribution < 1.29 is 33.3 Å². The zero-order chi connectivity index (χ0) is 24.9. The van der Waals surface area contributed by atoms with E-state index in [2.05, 4.69) is 30.6 Å². The third-order valence-electron chi connectivity index (χ3n) is 6.62. The van der Waals surface area contributed by atoms with Gasteiger partial charge in [-0.3, -0.25) is 19.8 Å². The van der Waals surface area contributed by atoms with E-state index >= 15 is 0 Å². The number of imide groups is 1. The molecule has 2 heterocycles. The van der Waals surface area contributed by atoms with E-state index in [1.54, 1.807) is 19.1 Å². The molecule has 192 valence electrons. The molecule has 0 aromatic carbocycles. The molecule has 3 rings (SSSR count). The topological polar surface area (TPSA) is 148 Å². The van der Waals surface area contributed by atoms with Crippen LogP contribution in [0.25, 0.3) is 0 Å². The third-order valence-corrected chi connectivity index (χ3v) is 6.62. The standard InChI is InChI=1S/C23H38N4O7/c1-14(2)5-6-15-21(33-15)19-20(31-4)16(7-8-23(19)13-32-23)34-22(30)26-18(29)12-27(3)10-9-25-17(28)11-24/h5,15-16,19-21H,6-13,24H2,1-4H3,(H,25,28)(H,26,29,30). The highest BCUT2D eigenvalue weighted by Gasteiger charge is 2.66. The van der Waals surface area contributed by atoms with E-state index in [1.807, 2.05) is 0 Å². The number of ether oxygens (including phenoxy) is 4. The van der Waals surface area contributed by atoms with Crippen molar-refractivity contribution in [1.82, 2.24) is 15.5 Å². The average molecular weight is 483 g/mol. The van der Waals surface area contributed by atoms with Gasteiger partial charge in [-0.25, -0.2) is 4.79 Å². The molecular formula is C23H38N4O7. The summed E-state index contributed by atoms with van der Waals surface area (Å²) in [5.74, 6) is -0.795. The summed E-state index contributed by atoms with van der Waals surface area (Å²) in [7, 11) is 3.31. The smallest absolute Gasteiger partial charge is 0.414 e. The van der Waals surface area contributed by atoms with Gasteiger partial charge in [0, 0.05) is 26.1 Å². The van der Waals surface area contributed by atoms with E-state index in [0.717, 1.165) is 12.8 Å². The lowest BCUT2D eigenvalue weighted by atomic mass is 9.73. The van der Waals surface area contributed by atoms with Crippen LogP contribution < -0.4 is 16.4 Å². The second-order valence-electron chi connectivity index (χ2n) is 9.56. The number of hydrogen-bond donors (Lipinski definition) is 3. The van der Waals surface area contributed by atoms with Gasteiger partial charge in [0.2, 0.25) is 11.8 Å². The van der Waals surface area contributed by atoms with Gasteiger partial charge < -0.3 is 30.0 Å². The highest BCUT2D eigenvalue weighted by atomic mass is 16.6. The molecule has 6 atom stereocenters. The monoisotopic (exact) mass is 482 g/mol. The van der Waals surface area contributed by atoms with Gasteiger partial charge in [0.05, 0.1) is 37.5 Å². The van der Waals surface area contributed by atoms with E-state index in [1.165, 1.54) is 5.57 Å². The maximum absolute atomic E-state index is 12.4. The van der Waals surface area contributed by atoms with Crippen molar-refractivity contribution in [1.29, 1.82) is 0 Å². The Labute approximate surface area is 200 Å². The fourth-order valence-electron chi connectivity index (χ4n) is 4.71. The predicted molar refractivity (Wildman–Crippen MR) is 123 cm³/mol. The van der Waals surface area contributed by atoms with Crippen LogP contribution in [0.15, 0.2) is 11.6 Å². The van der Waals surface area contributed by atoms with Crippen LogP contribution in [0.1, 0.15) is 33.1 Å². The summed E-state index contributed by atoms with van der Waals surface area (Å²) >= 11 is 0. The Morgan fingerprint density at radius 3 is 2.62 bits per heavy atom. The van der Waals surface area contributed by atoms with Gasteiger partial charge in [0.1, 0.15) is 12.2 Å². The second kappa shape index (κ2) is 11.6. The quantitative estimate of drug-likeness (QED) is 0.272. The fourth-order valence-corrected chi connectivity index (χ4v) is 4.71. The first-order chi connectivity index (χ1) is 16.2. The average Bonchev–Trinajstić information content (AvgIpc) is 3.70. The van der Waals surface area contributed by atoms with Crippen LogP contribution in [0.5, 0.6) is 0 Å². The molecule has 0 aromatic rings. The van der Waals surface area contributed by atoms with Gasteiger partial charge in [0.25, 0.3) is 0 Å². The minimum absolute atomic E-state index is 0.00689. The first-order valence-corrected chi connectivity index (χ1v) is 11.8. The number of nitrogens with one attached hydrogen (secondary N) is 2. The van der Waals surface area contributed by atoms with Crippen molar-refractivity contribution in [2.75, 3.05) is 46.9 Å². The first kappa shape index (κ1) is 26.6. The number of alkyl carbamates (subject to hydrolysis) is 1. The Kier molecular flexibility index (Phi) is 9.05. The predicted octanol–water partition coefficient (Wildman–Crippen LogP) is -0.0678. The van der Waals surface area contributed by atoms with Gasteiger partial charge in [-0.05, 0) is 40.2 Å². The fraction of sp³-hybridized carbons (Fsp3) is 0.783. The Hall–Kier alpha value is -2.05. The summed E-state index contributed by atoms with van der Waals surface area (Å²) in [5, 5.41) is 4.90. The number of nitrogens with two attached hydrogens (primary N) is 1. The van der Waals surface area contributed by atoms with Crippen LogP contribution in [0.4, 0.5) is 4.79 Å². The summed E-state index contributed by atoms with van der Waals surface area (Å²) in [6, 6.07) is 0. The molecule has 0 aromatic heterocycles. The molecular weight excluding hydrogens is 444 g/mol. The van der Waals surface area contributed by atoms with Gasteiger partial charge in [-0.1, -0.05) is 11.6 Å². The number of amides is 3. The lowest BCUT2D eigenvalue weighted by Gasteiger charge is -2.39. The van der Waals surface area contributed by atoms with Gasteiger partial charge in [-0.2, -0.15) is 0 Å². The molecule has 3 aliphatic rings. The zero-order valence-electron chi connectivity index (χ0n) is 20.5. The summed E-state index contributed by atoms with van der Waals surface area (Å²) < 4.78 is 23.2. The molecule has 4 N–H and O–H groups in total. The summed E-state index contributed by atoms with van der Waals surface area (Å²) in [6.07, 6.45) is 2.74. The molecule has 11 nitrogen and oxygen atoms in total. The van der Waals surface area contributed by atoms with Crippen molar-refractivity contribution in [3.63, 3.8) is 0 Å². The molecule has 1 spiro atoms. The van der Waals surface area contributed by atoms with Crippen LogP contribution in [-0.2, 0) is 28.5 Å². The zero-order valence-corrected chi connectivity index (χ0v) is 20.5. The third kappa shape index (κ3) is 6.98. The summed E-state index contributed by atoms with van der Waals surface area (Å²) in [6.45, 7) is 5.45. The second-order valence-corrected chi connectivity index (χ2v) is 9.56. The van der Waals surface area contributed by atoms with Gasteiger partial charge in [0.15, 0.2) is 0 Å². The summed E-state index contributed by atoms with van der Waals surface area (Å²) in [5.41, 5.74) is 6.20. The summed E-state index contributed by atoms with van der Waals surface area (Å²) in [4.78, 5) is 37.5. The van der Waals surface area contributed by atoms with Gasteiger partial charge >= 0.3 is 6.09 Å². The van der Waals surface area contributed by atoms with Crippen LogP contribution in [-0.4, -0.2) is 99.8 Å². The van der Waals surface area contributed by atoms with Crippen LogP contribution >= 0.6 is 0 Å². The lowest BCUT2D eigenvalue weighted by molar-refractivity contribution is -0.123. The number of rotatable bonds is 11. The number of nitrogens with zero attached hydrogens (tertiary/aromatic N) is 1. The number of carbonyl (C=O) groups excluding carboxylic acids is 3. The molecule has 2 saturated heterocycles. The Morgan fingerprint density at radius 1 is 1.26 bits per heavy atom. The van der Waals surface area contributed by atoms with Gasteiger partial charge in [-0.15, -0.1) is 0 Å². The number of allylic oxidation sites excluding steroid dienone is 1. The van der Waals surface area contributed by atoms with E-state index in [0.29, 0.717) is 26.1 Å². The van der Waals surface area contributed by atoms with E-state index in [9.17, 15) is 14.4 Å². The molecule has 2 aliphatic heterocycles. The molecule has 1 saturated carbocycles. The Morgan fingerprint density at radius 2 is 2.00 bits per heavy atom. The Bertz CT molecular complexity index is 781. The number of epoxide rings is 2. The number of carbonyl (C=O) groups is 3. The molecule has 0 bridgehead atoms. The molecule has 0 radical (unpaired) electrons. The largest absolute Gasteiger partial charge is 0.443 e. The van der Waals surface area contributed by atoms with Crippen LogP contribution in [0.3, 0.4) is 0 Å². The minimum Gasteiger partial charge on any atom is -0.443 e. The van der Waals surface area contributed by atoms with Crippen molar-refractivity contribution in [3.05, 3.63) is 11.6 Å². The van der Waals surface area contributed by atoms with Crippen LogP contribution in [0, 0.1) is 5.92 Å². The molecule has 11 heteroatoms. The Balaban J connectivity index is 1.48. The number of methoxy groups -OCH3 is 1. The SMILES string of the molecule is COC1C(OC(=O)NC(=O)CN(C)CCNC(=O)CN)CCC2(CO2)C1C1OC1CC=C(C)C. The minimum atomic E-state index is -0.800. The van der Waals surface area contributed by atoms with E-state index < -0.39 is 18.1 Å². The molecule has 3 fully saturated rings. The van der Waals surface area contributed by atoms with E-state index in [4.69, 9.17) is 24.7 Å². The molecule has 1 aliphatic carbocycles. The molecule has 6 unspecified atom stereocenters. The molecule has 3 amide bonds. The maximum atomic E-state index is 12.4. The van der Waals surface area contributed by atoms with Crippen LogP contribution in [0.2, 0.25) is 0 Å². The van der Waals surface area contributed by atoms with E-state index in [-0.39, 0.29) is 48.8 Å². The molecule has 34 heavy (non-hydrogen) atoms. The lowest BCUT2D eigenvalue weighted by Crippen LogP contribution is -2.53. The normalized spacial score (nSPS) is 31.6. The highest BCUT2D eigenvalue weighted by molar-refractivity contribution is 5.92. The maximum Gasteiger partial charge on any atom is 0.414 e. The van der Waals surface area contributed by atoms with Crippen molar-refractivity contribution >= 4 is 17.9 Å². The first-order valence-electron chi connectivity index (χ1n) is 11.8. The van der Waals surface area contributed by atoms with Crippen molar-refractivity contribution in [2.24, 2.45) is 11.7 Å². The van der Waals surface area contributed by atoms with Crippen molar-refractivity contribution in [3.8, 4) is 0 Å². The number of hydrogen-bond acceptors (Lipinski definition) is 9. The van der Waals surface area contributed by atoms with Crippen molar-refractivity contribution in [2.45, 2.75) is 63.1 Å².